The van der Waals surface area contributed by atoms with E-state index in [0.717, 1.165) is 39.9 Å². The Hall–Kier alpha value is -0.350. The second-order valence-corrected chi connectivity index (χ2v) is 5.68. The first-order valence-electron chi connectivity index (χ1n) is 5.26. The Kier molecular flexibility index (Phi) is 5.32. The predicted octanol–water partition coefficient (Wildman–Crippen LogP) is 3.55. The quantitative estimate of drug-likeness (QED) is 0.716. The lowest BCUT2D eigenvalue weighted by molar-refractivity contribution is 0.102. The number of rotatable bonds is 6. The van der Waals surface area contributed by atoms with Gasteiger partial charge in [0.15, 0.2) is 5.78 Å². The Morgan fingerprint density at radius 2 is 2.20 bits per heavy atom. The Morgan fingerprint density at radius 1 is 1.47 bits per heavy atom. The van der Waals surface area contributed by atoms with E-state index in [0.29, 0.717) is 0 Å². The summed E-state index contributed by atoms with van der Waals surface area (Å²) < 4.78 is 0. The molecule has 1 rings (SSSR count). The van der Waals surface area contributed by atoms with Crippen LogP contribution in [0, 0.1) is 0 Å². The van der Waals surface area contributed by atoms with Gasteiger partial charge in [0.05, 0.1) is 10.6 Å². The first kappa shape index (κ1) is 12.7. The van der Waals surface area contributed by atoms with Gasteiger partial charge in [-0.3, -0.25) is 4.79 Å². The van der Waals surface area contributed by atoms with Crippen LogP contribution in [0.2, 0.25) is 0 Å². The van der Waals surface area contributed by atoms with Gasteiger partial charge < -0.3 is 0 Å². The molecule has 0 aliphatic rings. The maximum absolute atomic E-state index is 11.4. The van der Waals surface area contributed by atoms with Gasteiger partial charge in [-0.2, -0.15) is 11.8 Å². The van der Waals surface area contributed by atoms with Gasteiger partial charge in [0.25, 0.3) is 0 Å². The molecule has 0 aliphatic heterocycles. The molecule has 0 saturated heterocycles. The van der Waals surface area contributed by atoms with Crippen molar-refractivity contribution in [3.63, 3.8) is 0 Å². The maximum Gasteiger partial charge on any atom is 0.171 e. The average Bonchev–Trinajstić information content (AvgIpc) is 2.59. The van der Waals surface area contributed by atoms with Crippen LogP contribution in [0.1, 0.15) is 47.6 Å². The van der Waals surface area contributed by atoms with Gasteiger partial charge in [-0.05, 0) is 12.2 Å². The summed E-state index contributed by atoms with van der Waals surface area (Å²) in [5.74, 6) is 2.19. The molecule has 0 aliphatic carbocycles. The number of Topliss-reactive ketones (excluding diaryl/α,β-unsaturated/α-hetero) is 1. The minimum Gasteiger partial charge on any atom is -0.294 e. The van der Waals surface area contributed by atoms with Gasteiger partial charge in [0, 0.05) is 12.7 Å². The second-order valence-electron chi connectivity index (χ2n) is 3.33. The van der Waals surface area contributed by atoms with Gasteiger partial charge in [-0.1, -0.05) is 20.3 Å². The molecule has 1 aromatic rings. The molecule has 4 heteroatoms. The molecule has 0 unspecified atom stereocenters. The van der Waals surface area contributed by atoms with Gasteiger partial charge in [0.2, 0.25) is 0 Å². The highest BCUT2D eigenvalue weighted by Crippen LogP contribution is 2.23. The van der Waals surface area contributed by atoms with Crippen LogP contribution in [0.4, 0.5) is 0 Å². The van der Waals surface area contributed by atoms with Gasteiger partial charge in [0.1, 0.15) is 5.01 Å². The lowest BCUT2D eigenvalue weighted by Gasteiger charge is -1.94. The highest BCUT2D eigenvalue weighted by atomic mass is 32.2. The number of carbonyl (C=O) groups is 1. The molecule has 1 heterocycles. The first-order valence-corrected chi connectivity index (χ1v) is 7.23. The Labute approximate surface area is 99.5 Å². The van der Waals surface area contributed by atoms with Crippen LogP contribution in [0.25, 0.3) is 0 Å². The Morgan fingerprint density at radius 3 is 2.73 bits per heavy atom. The van der Waals surface area contributed by atoms with E-state index in [-0.39, 0.29) is 5.78 Å². The van der Waals surface area contributed by atoms with Crippen molar-refractivity contribution >= 4 is 28.9 Å². The molecule has 0 fully saturated rings. The minimum atomic E-state index is 0.156. The zero-order valence-electron chi connectivity index (χ0n) is 9.50. The largest absolute Gasteiger partial charge is 0.294 e. The Balaban J connectivity index is 2.83. The number of carbonyl (C=O) groups excluding carboxylic acids is 1. The molecular weight excluding hydrogens is 226 g/mol. The minimum absolute atomic E-state index is 0.156. The smallest absolute Gasteiger partial charge is 0.171 e. The molecule has 0 bridgehead atoms. The fraction of sp³-hybridized carbons (Fsp3) is 0.636. The summed E-state index contributed by atoms with van der Waals surface area (Å²) in [6.07, 6.45) is 1.96. The van der Waals surface area contributed by atoms with E-state index in [1.165, 1.54) is 0 Å². The van der Waals surface area contributed by atoms with Crippen molar-refractivity contribution in [3.8, 4) is 0 Å². The molecule has 0 atom stereocenters. The fourth-order valence-corrected chi connectivity index (χ4v) is 3.06. The zero-order valence-corrected chi connectivity index (χ0v) is 11.1. The molecule has 2 nitrogen and oxygen atoms in total. The lowest BCUT2D eigenvalue weighted by atomic mass is 10.2. The average molecular weight is 243 g/mol. The van der Waals surface area contributed by atoms with Gasteiger partial charge >= 0.3 is 0 Å². The van der Waals surface area contributed by atoms with Gasteiger partial charge in [-0.15, -0.1) is 11.3 Å². The van der Waals surface area contributed by atoms with Crippen molar-refractivity contribution in [2.24, 2.45) is 0 Å². The summed E-state index contributed by atoms with van der Waals surface area (Å²) in [6, 6.07) is 0. The molecule has 0 spiro atoms. The van der Waals surface area contributed by atoms with Crippen LogP contribution in [-0.2, 0) is 12.2 Å². The highest BCUT2D eigenvalue weighted by molar-refractivity contribution is 7.98. The maximum atomic E-state index is 11.4. The summed E-state index contributed by atoms with van der Waals surface area (Å²) in [5.41, 5.74) is 1.00. The third kappa shape index (κ3) is 3.61. The van der Waals surface area contributed by atoms with Crippen LogP contribution in [0.3, 0.4) is 0 Å². The van der Waals surface area contributed by atoms with E-state index in [4.69, 9.17) is 0 Å². The molecule has 0 saturated carbocycles. The van der Waals surface area contributed by atoms with Crippen molar-refractivity contribution in [2.75, 3.05) is 5.75 Å². The summed E-state index contributed by atoms with van der Waals surface area (Å²) in [5, 5.41) is 1.09. The predicted molar refractivity (Wildman–Crippen MR) is 67.9 cm³/mol. The number of thioether (sulfide) groups is 1. The molecule has 15 heavy (non-hydrogen) atoms. The number of nitrogens with zero attached hydrogens (tertiary/aromatic N) is 1. The van der Waals surface area contributed by atoms with Crippen LogP contribution >= 0.6 is 23.1 Å². The molecular formula is C11H17NOS2. The summed E-state index contributed by atoms with van der Waals surface area (Å²) in [6.45, 7) is 5.88. The summed E-state index contributed by atoms with van der Waals surface area (Å²) >= 11 is 3.42. The lowest BCUT2D eigenvalue weighted by Crippen LogP contribution is -1.95. The van der Waals surface area contributed by atoms with Crippen molar-refractivity contribution in [1.82, 2.24) is 4.98 Å². The zero-order chi connectivity index (χ0) is 11.3. The monoisotopic (exact) mass is 243 g/mol. The first-order chi connectivity index (χ1) is 7.19. The van der Waals surface area contributed by atoms with Crippen molar-refractivity contribution < 1.29 is 4.79 Å². The normalized spacial score (nSPS) is 10.6. The number of hydrogen-bond donors (Lipinski definition) is 0. The van der Waals surface area contributed by atoms with E-state index in [1.807, 2.05) is 11.8 Å². The van der Waals surface area contributed by atoms with E-state index >= 15 is 0 Å². The second kappa shape index (κ2) is 6.28. The van der Waals surface area contributed by atoms with Gasteiger partial charge in [-0.25, -0.2) is 4.98 Å². The number of ketones is 1. The van der Waals surface area contributed by atoms with E-state index in [1.54, 1.807) is 18.3 Å². The topological polar surface area (TPSA) is 30.0 Å². The van der Waals surface area contributed by atoms with E-state index < -0.39 is 0 Å². The molecule has 0 amide bonds. The van der Waals surface area contributed by atoms with E-state index in [2.05, 4.69) is 18.8 Å². The highest BCUT2D eigenvalue weighted by Gasteiger charge is 2.13. The van der Waals surface area contributed by atoms with Crippen molar-refractivity contribution in [3.05, 3.63) is 15.6 Å². The number of aromatic nitrogens is 1. The van der Waals surface area contributed by atoms with Crippen LogP contribution in [-0.4, -0.2) is 16.5 Å². The summed E-state index contributed by atoms with van der Waals surface area (Å²) in [4.78, 5) is 16.8. The van der Waals surface area contributed by atoms with Crippen molar-refractivity contribution in [1.29, 1.82) is 0 Å². The SMILES string of the molecule is CCCc1nc(CSCC)sc1C(C)=O. The fourth-order valence-electron chi connectivity index (χ4n) is 1.33. The molecule has 84 valence electrons. The molecule has 0 N–H and O–H groups in total. The number of hydrogen-bond acceptors (Lipinski definition) is 4. The van der Waals surface area contributed by atoms with Crippen LogP contribution in [0.5, 0.6) is 0 Å². The van der Waals surface area contributed by atoms with E-state index in [9.17, 15) is 4.79 Å². The standard InChI is InChI=1S/C11H17NOS2/c1-4-6-9-11(8(3)13)15-10(12-9)7-14-5-2/h4-7H2,1-3H3. The Bertz CT molecular complexity index is 333. The third-order valence-corrected chi connectivity index (χ3v) is 4.24. The number of aryl methyl sites for hydroxylation is 1. The van der Waals surface area contributed by atoms with Crippen LogP contribution < -0.4 is 0 Å². The summed E-state index contributed by atoms with van der Waals surface area (Å²) in [7, 11) is 0. The molecule has 1 aromatic heterocycles. The number of thiazole rings is 1. The third-order valence-electron chi connectivity index (χ3n) is 1.98. The molecule has 0 radical (unpaired) electrons. The molecule has 0 aromatic carbocycles. The van der Waals surface area contributed by atoms with Crippen LogP contribution in [0.15, 0.2) is 0 Å². The van der Waals surface area contributed by atoms with Crippen molar-refractivity contribution in [2.45, 2.75) is 39.4 Å².